The van der Waals surface area contributed by atoms with Gasteiger partial charge in [-0.1, -0.05) is 0 Å². The summed E-state index contributed by atoms with van der Waals surface area (Å²) in [5.41, 5.74) is 7.03. The van der Waals surface area contributed by atoms with Crippen LogP contribution in [0.25, 0.3) is 11.6 Å². The molecule has 8 heteroatoms. The maximum absolute atomic E-state index is 12.4. The van der Waals surface area contributed by atoms with Crippen molar-refractivity contribution in [3.8, 4) is 17.2 Å². The van der Waals surface area contributed by atoms with Crippen molar-refractivity contribution in [1.82, 2.24) is 4.98 Å². The topological polar surface area (TPSA) is 92.9 Å². The molecule has 1 heterocycles. The zero-order chi connectivity index (χ0) is 18.4. The third-order valence-corrected chi connectivity index (χ3v) is 4.00. The number of esters is 1. The molecule has 2 N–H and O–H groups in total. The summed E-state index contributed by atoms with van der Waals surface area (Å²) in [4.78, 5) is 16.5. The molecule has 0 saturated heterocycles. The second-order valence-electron chi connectivity index (χ2n) is 4.80. The Morgan fingerprint density at radius 2 is 1.80 bits per heavy atom. The zero-order valence-corrected chi connectivity index (χ0v) is 15.3. The number of benzene rings is 1. The highest BCUT2D eigenvalue weighted by Crippen LogP contribution is 2.36. The first-order valence-corrected chi connectivity index (χ1v) is 8.32. The van der Waals surface area contributed by atoms with Crippen molar-refractivity contribution in [1.29, 1.82) is 0 Å². The molecule has 0 radical (unpaired) electrons. The first-order chi connectivity index (χ1) is 12.0. The van der Waals surface area contributed by atoms with Crippen molar-refractivity contribution in [3.63, 3.8) is 0 Å². The van der Waals surface area contributed by atoms with Crippen LogP contribution in [0.3, 0.4) is 0 Å². The molecule has 2 aromatic rings. The second kappa shape index (κ2) is 8.39. The van der Waals surface area contributed by atoms with Crippen molar-refractivity contribution in [2.45, 2.75) is 6.92 Å². The number of anilines is 1. The Morgan fingerprint density at radius 3 is 2.32 bits per heavy atom. The van der Waals surface area contributed by atoms with Gasteiger partial charge in [0, 0.05) is 17.0 Å². The second-order valence-corrected chi connectivity index (χ2v) is 5.69. The van der Waals surface area contributed by atoms with Crippen molar-refractivity contribution in [2.24, 2.45) is 0 Å². The van der Waals surface area contributed by atoms with Gasteiger partial charge in [-0.3, -0.25) is 0 Å². The van der Waals surface area contributed by atoms with Crippen LogP contribution >= 0.6 is 11.3 Å². The lowest BCUT2D eigenvalue weighted by Crippen LogP contribution is -2.07. The fraction of sp³-hybridized carbons (Fsp3) is 0.294. The Morgan fingerprint density at radius 1 is 1.16 bits per heavy atom. The standard InChI is InChI=1S/C17H20N2O5S/c1-5-24-16(20)11(12-9-25-17(18)19-12)6-10-7-14(22-3)15(23-4)8-13(10)21-2/h6-9H,5H2,1-4H3,(H2,18,19)/b11-6-. The Kier molecular flexibility index (Phi) is 6.24. The summed E-state index contributed by atoms with van der Waals surface area (Å²) in [6.07, 6.45) is 1.63. The molecule has 0 amide bonds. The lowest BCUT2D eigenvalue weighted by atomic mass is 10.1. The lowest BCUT2D eigenvalue weighted by molar-refractivity contribution is -0.136. The normalized spacial score (nSPS) is 11.1. The van der Waals surface area contributed by atoms with Gasteiger partial charge in [-0.2, -0.15) is 0 Å². The van der Waals surface area contributed by atoms with Crippen LogP contribution in [0.1, 0.15) is 18.2 Å². The Labute approximate surface area is 150 Å². The maximum atomic E-state index is 12.4. The molecule has 0 bridgehead atoms. The van der Waals surface area contributed by atoms with Gasteiger partial charge in [-0.05, 0) is 19.1 Å². The molecule has 2 rings (SSSR count). The van der Waals surface area contributed by atoms with Crippen LogP contribution in [-0.4, -0.2) is 38.9 Å². The molecule has 0 atom stereocenters. The zero-order valence-electron chi connectivity index (χ0n) is 14.5. The molecule has 0 unspecified atom stereocenters. The Hall–Kier alpha value is -2.74. The van der Waals surface area contributed by atoms with Gasteiger partial charge in [0.15, 0.2) is 16.6 Å². The minimum absolute atomic E-state index is 0.249. The van der Waals surface area contributed by atoms with Gasteiger partial charge in [-0.25, -0.2) is 9.78 Å². The molecular formula is C17H20N2O5S. The highest BCUT2D eigenvalue weighted by atomic mass is 32.1. The highest BCUT2D eigenvalue weighted by Gasteiger charge is 2.19. The van der Waals surface area contributed by atoms with Crippen molar-refractivity contribution < 1.29 is 23.7 Å². The third kappa shape index (κ3) is 4.21. The van der Waals surface area contributed by atoms with Gasteiger partial charge < -0.3 is 24.7 Å². The summed E-state index contributed by atoms with van der Waals surface area (Å²) in [6.45, 7) is 1.99. The predicted molar refractivity (Wildman–Crippen MR) is 97.1 cm³/mol. The van der Waals surface area contributed by atoms with E-state index in [1.807, 2.05) is 0 Å². The van der Waals surface area contributed by atoms with Gasteiger partial charge in [-0.15, -0.1) is 11.3 Å². The van der Waals surface area contributed by atoms with Gasteiger partial charge in [0.1, 0.15) is 5.75 Å². The number of carbonyl (C=O) groups excluding carboxylic acids is 1. The van der Waals surface area contributed by atoms with E-state index in [2.05, 4.69) is 4.98 Å². The van der Waals surface area contributed by atoms with Gasteiger partial charge >= 0.3 is 5.97 Å². The number of aromatic nitrogens is 1. The van der Waals surface area contributed by atoms with Gasteiger partial charge in [0.2, 0.25) is 0 Å². The number of nitrogens with two attached hydrogens (primary N) is 1. The smallest absolute Gasteiger partial charge is 0.340 e. The van der Waals surface area contributed by atoms with Crippen LogP contribution in [0.15, 0.2) is 17.5 Å². The van der Waals surface area contributed by atoms with E-state index in [4.69, 9.17) is 24.7 Å². The predicted octanol–water partition coefficient (Wildman–Crippen LogP) is 2.85. The summed E-state index contributed by atoms with van der Waals surface area (Å²) in [7, 11) is 4.60. The summed E-state index contributed by atoms with van der Waals surface area (Å²) in [5, 5.41) is 2.06. The monoisotopic (exact) mass is 364 g/mol. The highest BCUT2D eigenvalue weighted by molar-refractivity contribution is 7.13. The van der Waals surface area contributed by atoms with Gasteiger partial charge in [0.05, 0.1) is 39.2 Å². The van der Waals surface area contributed by atoms with E-state index < -0.39 is 5.97 Å². The summed E-state index contributed by atoms with van der Waals surface area (Å²) < 4.78 is 21.1. The Balaban J connectivity index is 2.60. The number of hydrogen-bond acceptors (Lipinski definition) is 8. The van der Waals surface area contributed by atoms with E-state index in [1.165, 1.54) is 32.7 Å². The van der Waals surface area contributed by atoms with Crippen LogP contribution < -0.4 is 19.9 Å². The number of nitrogen functional groups attached to an aromatic ring is 1. The molecule has 25 heavy (non-hydrogen) atoms. The molecule has 0 saturated carbocycles. The molecule has 0 aliphatic heterocycles. The average molecular weight is 364 g/mol. The molecule has 0 aliphatic rings. The molecule has 134 valence electrons. The van der Waals surface area contributed by atoms with E-state index >= 15 is 0 Å². The fourth-order valence-corrected chi connectivity index (χ4v) is 2.74. The number of thiazole rings is 1. The maximum Gasteiger partial charge on any atom is 0.340 e. The summed E-state index contributed by atoms with van der Waals surface area (Å²) in [5.74, 6) is 1.05. The van der Waals surface area contributed by atoms with Crippen molar-refractivity contribution in [2.75, 3.05) is 33.7 Å². The molecule has 0 fully saturated rings. The lowest BCUT2D eigenvalue weighted by Gasteiger charge is -2.13. The van der Waals surface area contributed by atoms with Crippen LogP contribution in [0, 0.1) is 0 Å². The minimum Gasteiger partial charge on any atom is -0.496 e. The van der Waals surface area contributed by atoms with Crippen LogP contribution in [0.2, 0.25) is 0 Å². The summed E-state index contributed by atoms with van der Waals surface area (Å²) in [6, 6.07) is 3.40. The number of methoxy groups -OCH3 is 3. The number of hydrogen-bond donors (Lipinski definition) is 1. The van der Waals surface area contributed by atoms with E-state index in [1.54, 1.807) is 30.5 Å². The van der Waals surface area contributed by atoms with Crippen molar-refractivity contribution >= 4 is 34.1 Å². The van der Waals surface area contributed by atoms with E-state index in [0.717, 1.165) is 0 Å². The number of ether oxygens (including phenoxy) is 4. The van der Waals surface area contributed by atoms with E-state index in [9.17, 15) is 4.79 Å². The van der Waals surface area contributed by atoms with Crippen molar-refractivity contribution in [3.05, 3.63) is 28.8 Å². The molecule has 1 aromatic carbocycles. The third-order valence-electron chi connectivity index (χ3n) is 3.33. The minimum atomic E-state index is -0.496. The average Bonchev–Trinajstić information content (AvgIpc) is 3.04. The summed E-state index contributed by atoms with van der Waals surface area (Å²) >= 11 is 1.24. The van der Waals surface area contributed by atoms with Crippen LogP contribution in [0.4, 0.5) is 5.13 Å². The quantitative estimate of drug-likeness (QED) is 0.596. The first-order valence-electron chi connectivity index (χ1n) is 7.44. The molecular weight excluding hydrogens is 344 g/mol. The molecule has 0 spiro atoms. The van der Waals surface area contributed by atoms with Crippen LogP contribution in [-0.2, 0) is 9.53 Å². The fourth-order valence-electron chi connectivity index (χ4n) is 2.18. The van der Waals surface area contributed by atoms with Gasteiger partial charge in [0.25, 0.3) is 0 Å². The SMILES string of the molecule is CCOC(=O)/C(=C\c1cc(OC)c(OC)cc1OC)c1csc(N)n1. The number of carbonyl (C=O) groups is 1. The molecule has 7 nitrogen and oxygen atoms in total. The first kappa shape index (κ1) is 18.6. The Bertz CT molecular complexity index is 785. The molecule has 0 aliphatic carbocycles. The number of rotatable bonds is 7. The largest absolute Gasteiger partial charge is 0.496 e. The van der Waals surface area contributed by atoms with E-state index in [-0.39, 0.29) is 12.2 Å². The van der Waals surface area contributed by atoms with Crippen LogP contribution in [0.5, 0.6) is 17.2 Å². The molecule has 1 aromatic heterocycles. The number of nitrogens with zero attached hydrogens (tertiary/aromatic N) is 1. The van der Waals surface area contributed by atoms with E-state index in [0.29, 0.717) is 33.6 Å².